The van der Waals surface area contributed by atoms with E-state index in [1.807, 2.05) is 19.2 Å². The average Bonchev–Trinajstić information content (AvgIpc) is 3.06. The molecule has 1 fully saturated rings. The van der Waals surface area contributed by atoms with Crippen LogP contribution >= 0.6 is 0 Å². The Morgan fingerprint density at radius 3 is 2.73 bits per heavy atom. The maximum atomic E-state index is 12.5. The lowest BCUT2D eigenvalue weighted by atomic mass is 9.97. The summed E-state index contributed by atoms with van der Waals surface area (Å²) in [6.45, 7) is 4.82. The molecule has 0 bridgehead atoms. The van der Waals surface area contributed by atoms with Crippen LogP contribution in [0.25, 0.3) is 0 Å². The minimum atomic E-state index is 0.0265. The predicted molar refractivity (Wildman–Crippen MR) is 86.2 cm³/mol. The lowest BCUT2D eigenvalue weighted by Gasteiger charge is -2.16. The highest BCUT2D eigenvalue weighted by Gasteiger charge is 2.34. The Kier molecular flexibility index (Phi) is 4.24. The van der Waals surface area contributed by atoms with Crippen molar-refractivity contribution >= 4 is 11.7 Å². The number of carbonyl (C=O) groups is 1. The van der Waals surface area contributed by atoms with Gasteiger partial charge < -0.3 is 5.32 Å². The number of benzene rings is 1. The second-order valence-corrected chi connectivity index (χ2v) is 6.09. The molecule has 0 spiro atoms. The fourth-order valence-electron chi connectivity index (χ4n) is 3.09. The molecule has 1 aromatic heterocycles. The van der Waals surface area contributed by atoms with Crippen LogP contribution in [0.1, 0.15) is 12.5 Å². The molecule has 1 saturated heterocycles. The molecule has 0 aliphatic carbocycles. The van der Waals surface area contributed by atoms with Crippen LogP contribution in [0.5, 0.6) is 0 Å². The molecule has 2 atom stereocenters. The Labute approximate surface area is 130 Å². The third-order valence-corrected chi connectivity index (χ3v) is 4.35. The van der Waals surface area contributed by atoms with Gasteiger partial charge in [0.2, 0.25) is 5.91 Å². The van der Waals surface area contributed by atoms with Gasteiger partial charge in [0, 0.05) is 32.7 Å². The van der Waals surface area contributed by atoms with Crippen molar-refractivity contribution in [1.82, 2.24) is 14.7 Å². The van der Waals surface area contributed by atoms with E-state index < -0.39 is 0 Å². The summed E-state index contributed by atoms with van der Waals surface area (Å²) in [6.07, 6.45) is 1.69. The quantitative estimate of drug-likeness (QED) is 0.940. The molecule has 1 N–H and O–H groups in total. The molecule has 1 aromatic carbocycles. The summed E-state index contributed by atoms with van der Waals surface area (Å²) in [5, 5.41) is 7.06. The van der Waals surface area contributed by atoms with E-state index in [2.05, 4.69) is 46.5 Å². The first-order valence-corrected chi connectivity index (χ1v) is 7.68. The minimum Gasteiger partial charge on any atom is -0.311 e. The topological polar surface area (TPSA) is 50.2 Å². The normalized spacial score (nSPS) is 21.9. The van der Waals surface area contributed by atoms with Crippen LogP contribution in [-0.2, 0) is 18.4 Å². The molecule has 0 radical (unpaired) electrons. The molecule has 1 aliphatic heterocycles. The fourth-order valence-corrected chi connectivity index (χ4v) is 3.09. The molecule has 116 valence electrons. The van der Waals surface area contributed by atoms with E-state index in [4.69, 9.17) is 0 Å². The number of aryl methyl sites for hydroxylation is 1. The van der Waals surface area contributed by atoms with Crippen LogP contribution in [-0.4, -0.2) is 33.7 Å². The van der Waals surface area contributed by atoms with Gasteiger partial charge in [-0.2, -0.15) is 5.10 Å². The fraction of sp³-hybridized carbons (Fsp3) is 0.412. The van der Waals surface area contributed by atoms with Crippen molar-refractivity contribution in [2.75, 3.05) is 18.4 Å². The Bertz CT molecular complexity index is 637. The Hall–Kier alpha value is -2.14. The zero-order valence-electron chi connectivity index (χ0n) is 13.1. The molecule has 5 heteroatoms. The number of likely N-dealkylation sites (tertiary alicyclic amines) is 1. The molecule has 0 unspecified atom stereocenters. The van der Waals surface area contributed by atoms with Gasteiger partial charge in [-0.15, -0.1) is 0 Å². The van der Waals surface area contributed by atoms with Crippen molar-refractivity contribution in [2.45, 2.75) is 13.5 Å². The third-order valence-electron chi connectivity index (χ3n) is 4.35. The molecule has 1 amide bonds. The van der Waals surface area contributed by atoms with E-state index in [9.17, 15) is 4.79 Å². The largest absolute Gasteiger partial charge is 0.311 e. The molecular formula is C17H22N4O. The van der Waals surface area contributed by atoms with Gasteiger partial charge in [-0.25, -0.2) is 0 Å². The summed E-state index contributed by atoms with van der Waals surface area (Å²) < 4.78 is 1.68. The smallest absolute Gasteiger partial charge is 0.230 e. The van der Waals surface area contributed by atoms with Gasteiger partial charge in [-0.05, 0) is 11.5 Å². The molecule has 2 aromatic rings. The van der Waals surface area contributed by atoms with E-state index in [0.29, 0.717) is 5.92 Å². The summed E-state index contributed by atoms with van der Waals surface area (Å²) >= 11 is 0. The maximum absolute atomic E-state index is 12.5. The van der Waals surface area contributed by atoms with Gasteiger partial charge >= 0.3 is 0 Å². The number of carbonyl (C=O) groups excluding carboxylic acids is 1. The van der Waals surface area contributed by atoms with E-state index in [-0.39, 0.29) is 11.8 Å². The van der Waals surface area contributed by atoms with Crippen LogP contribution in [0.4, 0.5) is 5.82 Å². The average molecular weight is 298 g/mol. The first kappa shape index (κ1) is 14.8. The zero-order chi connectivity index (χ0) is 15.5. The highest BCUT2D eigenvalue weighted by Crippen LogP contribution is 2.25. The summed E-state index contributed by atoms with van der Waals surface area (Å²) in [4.78, 5) is 14.8. The molecule has 0 saturated carbocycles. The first-order chi connectivity index (χ1) is 10.6. The van der Waals surface area contributed by atoms with Crippen LogP contribution < -0.4 is 5.32 Å². The van der Waals surface area contributed by atoms with Gasteiger partial charge in [0.25, 0.3) is 0 Å². The van der Waals surface area contributed by atoms with Crippen molar-refractivity contribution in [3.8, 4) is 0 Å². The van der Waals surface area contributed by atoms with Gasteiger partial charge in [-0.3, -0.25) is 14.4 Å². The Morgan fingerprint density at radius 1 is 1.27 bits per heavy atom. The second-order valence-electron chi connectivity index (χ2n) is 6.09. The van der Waals surface area contributed by atoms with E-state index >= 15 is 0 Å². The van der Waals surface area contributed by atoms with Crippen molar-refractivity contribution in [3.05, 3.63) is 48.2 Å². The van der Waals surface area contributed by atoms with E-state index in [0.717, 1.165) is 25.5 Å². The first-order valence-electron chi connectivity index (χ1n) is 7.68. The van der Waals surface area contributed by atoms with Crippen LogP contribution in [0, 0.1) is 11.8 Å². The minimum absolute atomic E-state index is 0.0265. The number of rotatable bonds is 4. The molecule has 22 heavy (non-hydrogen) atoms. The molecule has 3 rings (SSSR count). The number of amides is 1. The predicted octanol–water partition coefficient (Wildman–Crippen LogP) is 2.13. The number of nitrogens with zero attached hydrogens (tertiary/aromatic N) is 3. The van der Waals surface area contributed by atoms with Crippen LogP contribution in [0.2, 0.25) is 0 Å². The summed E-state index contributed by atoms with van der Waals surface area (Å²) in [5.74, 6) is 1.22. The second kappa shape index (κ2) is 6.32. The van der Waals surface area contributed by atoms with Crippen LogP contribution in [0.3, 0.4) is 0 Å². The van der Waals surface area contributed by atoms with Crippen molar-refractivity contribution in [2.24, 2.45) is 18.9 Å². The van der Waals surface area contributed by atoms with E-state index in [1.54, 1.807) is 10.9 Å². The number of hydrogen-bond donors (Lipinski definition) is 1. The number of aromatic nitrogens is 2. The maximum Gasteiger partial charge on any atom is 0.230 e. The summed E-state index contributed by atoms with van der Waals surface area (Å²) in [5.41, 5.74) is 1.29. The van der Waals surface area contributed by atoms with E-state index in [1.165, 1.54) is 5.56 Å². The van der Waals surface area contributed by atoms with Gasteiger partial charge in [0.15, 0.2) is 0 Å². The zero-order valence-corrected chi connectivity index (χ0v) is 13.1. The Morgan fingerprint density at radius 2 is 2.05 bits per heavy atom. The molecular weight excluding hydrogens is 276 g/mol. The number of hydrogen-bond acceptors (Lipinski definition) is 3. The summed E-state index contributed by atoms with van der Waals surface area (Å²) in [6, 6.07) is 12.2. The summed E-state index contributed by atoms with van der Waals surface area (Å²) in [7, 11) is 1.83. The van der Waals surface area contributed by atoms with Crippen molar-refractivity contribution < 1.29 is 4.79 Å². The molecule has 1 aliphatic rings. The standard InChI is InChI=1S/C17H22N4O/c1-13-10-21(11-14-6-4-3-5-7-14)12-15(13)17(22)19-16-8-9-18-20(16)2/h3-9,13,15H,10-12H2,1-2H3,(H,19,22)/t13-,15-/m1/s1. The SMILES string of the molecule is C[C@@H]1CN(Cc2ccccc2)C[C@H]1C(=O)Nc1ccnn1C. The van der Waals surface area contributed by atoms with Gasteiger partial charge in [0.05, 0.1) is 12.1 Å². The van der Waals surface area contributed by atoms with Gasteiger partial charge in [0.1, 0.15) is 5.82 Å². The Balaban J connectivity index is 1.61. The molecule has 2 heterocycles. The number of nitrogens with one attached hydrogen (secondary N) is 1. The highest BCUT2D eigenvalue weighted by molar-refractivity contribution is 5.92. The van der Waals surface area contributed by atoms with Gasteiger partial charge in [-0.1, -0.05) is 37.3 Å². The lowest BCUT2D eigenvalue weighted by molar-refractivity contribution is -0.120. The number of anilines is 1. The van der Waals surface area contributed by atoms with Crippen molar-refractivity contribution in [1.29, 1.82) is 0 Å². The van der Waals surface area contributed by atoms with Crippen molar-refractivity contribution in [3.63, 3.8) is 0 Å². The monoisotopic (exact) mass is 298 g/mol. The van der Waals surface area contributed by atoms with Crippen LogP contribution in [0.15, 0.2) is 42.6 Å². The molecule has 5 nitrogen and oxygen atoms in total. The highest BCUT2D eigenvalue weighted by atomic mass is 16.2. The lowest BCUT2D eigenvalue weighted by Crippen LogP contribution is -2.29. The third kappa shape index (κ3) is 3.20.